The number of hydrogen-bond donors (Lipinski definition) is 2. The quantitative estimate of drug-likeness (QED) is 0.344. The Hall–Kier alpha value is -0.0800. The fraction of sp³-hybridized carbons (Fsp3) is 1.00. The molecule has 2 heteroatoms. The third-order valence-electron chi connectivity index (χ3n) is 4.02. The van der Waals surface area contributed by atoms with E-state index in [0.717, 1.165) is 12.8 Å². The molecule has 0 radical (unpaired) electrons. The molecule has 0 saturated carbocycles. The number of aliphatic hydroxyl groups is 2. The lowest BCUT2D eigenvalue weighted by Gasteiger charge is -2.12. The van der Waals surface area contributed by atoms with Gasteiger partial charge < -0.3 is 10.2 Å². The Morgan fingerprint density at radius 1 is 0.632 bits per heavy atom. The van der Waals surface area contributed by atoms with Crippen LogP contribution in [0.4, 0.5) is 0 Å². The zero-order valence-electron chi connectivity index (χ0n) is 13.2. The highest BCUT2D eigenvalue weighted by atomic mass is 16.5. The summed E-state index contributed by atoms with van der Waals surface area (Å²) in [5, 5.41) is 17.9. The second-order valence-corrected chi connectivity index (χ2v) is 6.07. The molecule has 0 aliphatic carbocycles. The molecule has 0 bridgehead atoms. The number of hydrogen-bond acceptors (Lipinski definition) is 2. The third kappa shape index (κ3) is 14.1. The molecule has 2 nitrogen and oxygen atoms in total. The molecule has 1 unspecified atom stereocenters. The van der Waals surface area contributed by atoms with Crippen molar-refractivity contribution in [1.82, 2.24) is 0 Å². The first kappa shape index (κ1) is 18.9. The topological polar surface area (TPSA) is 40.5 Å². The van der Waals surface area contributed by atoms with Gasteiger partial charge in [0.1, 0.15) is 0 Å². The maximum Gasteiger partial charge on any atom is 0.154 e. The van der Waals surface area contributed by atoms with Gasteiger partial charge in [-0.2, -0.15) is 0 Å². The van der Waals surface area contributed by atoms with E-state index in [1.54, 1.807) is 0 Å². The maximum atomic E-state index is 8.95. The highest BCUT2D eigenvalue weighted by molar-refractivity contribution is 4.55. The minimum Gasteiger partial charge on any atom is -0.368 e. The first-order valence-electron chi connectivity index (χ1n) is 8.54. The summed E-state index contributed by atoms with van der Waals surface area (Å²) in [7, 11) is 0. The van der Waals surface area contributed by atoms with Crippen molar-refractivity contribution >= 4 is 0 Å². The van der Waals surface area contributed by atoms with Crippen LogP contribution >= 0.6 is 0 Å². The Morgan fingerprint density at radius 3 is 1.37 bits per heavy atom. The summed E-state index contributed by atoms with van der Waals surface area (Å²) in [6.45, 7) is 4.17. The van der Waals surface area contributed by atoms with E-state index < -0.39 is 6.29 Å². The van der Waals surface area contributed by atoms with Crippen molar-refractivity contribution in [1.29, 1.82) is 0 Å². The highest BCUT2D eigenvalue weighted by Gasteiger charge is 2.08. The van der Waals surface area contributed by atoms with E-state index in [1.807, 2.05) is 6.92 Å². The molecular weight excluding hydrogens is 236 g/mol. The van der Waals surface area contributed by atoms with Gasteiger partial charge in [-0.1, -0.05) is 90.9 Å². The number of aliphatic hydroxyl groups excluding tert-OH is 1. The van der Waals surface area contributed by atoms with Gasteiger partial charge in [0.2, 0.25) is 0 Å². The van der Waals surface area contributed by atoms with Crippen LogP contribution in [0.5, 0.6) is 0 Å². The number of unbranched alkanes of at least 4 members (excludes halogenated alkanes) is 11. The van der Waals surface area contributed by atoms with Crippen molar-refractivity contribution in [2.45, 2.75) is 104 Å². The fourth-order valence-corrected chi connectivity index (χ4v) is 2.46. The molecule has 0 aliphatic heterocycles. The maximum absolute atomic E-state index is 8.95. The van der Waals surface area contributed by atoms with Crippen LogP contribution in [0.2, 0.25) is 0 Å². The zero-order chi connectivity index (χ0) is 14.3. The Bertz CT molecular complexity index is 169. The van der Waals surface area contributed by atoms with Crippen LogP contribution in [-0.4, -0.2) is 16.5 Å². The lowest BCUT2D eigenvalue weighted by molar-refractivity contribution is -0.0808. The van der Waals surface area contributed by atoms with Crippen LogP contribution in [0.3, 0.4) is 0 Å². The van der Waals surface area contributed by atoms with Crippen LogP contribution in [0.15, 0.2) is 0 Å². The largest absolute Gasteiger partial charge is 0.368 e. The monoisotopic (exact) mass is 272 g/mol. The van der Waals surface area contributed by atoms with Crippen LogP contribution in [0.1, 0.15) is 97.3 Å². The average Bonchev–Trinajstić information content (AvgIpc) is 2.39. The molecule has 0 rings (SSSR count). The minimum absolute atomic E-state index is 0.0307. The molecule has 0 amide bonds. The molecule has 0 heterocycles. The normalized spacial score (nSPS) is 13.1. The molecular formula is C17H36O2. The van der Waals surface area contributed by atoms with Gasteiger partial charge in [0.05, 0.1) is 0 Å². The molecule has 0 saturated heterocycles. The van der Waals surface area contributed by atoms with Crippen molar-refractivity contribution in [3.63, 3.8) is 0 Å². The molecule has 19 heavy (non-hydrogen) atoms. The second kappa shape index (κ2) is 14.3. The lowest BCUT2D eigenvalue weighted by atomic mass is 10.0. The molecule has 116 valence electrons. The molecule has 0 fully saturated rings. The zero-order valence-corrected chi connectivity index (χ0v) is 13.2. The van der Waals surface area contributed by atoms with Gasteiger partial charge in [0.25, 0.3) is 0 Å². The summed E-state index contributed by atoms with van der Waals surface area (Å²) in [5.74, 6) is 0.0307. The van der Waals surface area contributed by atoms with Crippen LogP contribution in [-0.2, 0) is 0 Å². The van der Waals surface area contributed by atoms with Crippen molar-refractivity contribution in [2.75, 3.05) is 0 Å². The van der Waals surface area contributed by atoms with E-state index in [9.17, 15) is 0 Å². The lowest BCUT2D eigenvalue weighted by Crippen LogP contribution is -2.15. The van der Waals surface area contributed by atoms with E-state index in [2.05, 4.69) is 6.92 Å². The van der Waals surface area contributed by atoms with E-state index in [0.29, 0.717) is 0 Å². The van der Waals surface area contributed by atoms with Crippen molar-refractivity contribution in [2.24, 2.45) is 5.92 Å². The predicted molar refractivity (Wildman–Crippen MR) is 83.1 cm³/mol. The standard InChI is InChI=1S/C17H36O2/c1-3-4-5-6-7-8-9-10-11-12-13-14-15-16(2)17(18)19/h16-19H,3-15H2,1-2H3. The van der Waals surface area contributed by atoms with Gasteiger partial charge in [0.15, 0.2) is 6.29 Å². The van der Waals surface area contributed by atoms with Gasteiger partial charge in [-0.25, -0.2) is 0 Å². The molecule has 1 atom stereocenters. The Morgan fingerprint density at radius 2 is 1.00 bits per heavy atom. The van der Waals surface area contributed by atoms with E-state index in [-0.39, 0.29) is 5.92 Å². The van der Waals surface area contributed by atoms with Crippen molar-refractivity contribution in [3.8, 4) is 0 Å². The second-order valence-electron chi connectivity index (χ2n) is 6.07. The first-order chi connectivity index (χ1) is 9.18. The summed E-state index contributed by atoms with van der Waals surface area (Å²) in [5.41, 5.74) is 0. The molecule has 0 aromatic heterocycles. The summed E-state index contributed by atoms with van der Waals surface area (Å²) in [4.78, 5) is 0. The van der Waals surface area contributed by atoms with Crippen molar-refractivity contribution < 1.29 is 10.2 Å². The summed E-state index contributed by atoms with van der Waals surface area (Å²) >= 11 is 0. The minimum atomic E-state index is -1.13. The number of rotatable bonds is 14. The van der Waals surface area contributed by atoms with Crippen LogP contribution in [0, 0.1) is 5.92 Å². The fourth-order valence-electron chi connectivity index (χ4n) is 2.46. The van der Waals surface area contributed by atoms with E-state index in [4.69, 9.17) is 10.2 Å². The molecule has 0 spiro atoms. The summed E-state index contributed by atoms with van der Waals surface area (Å²) < 4.78 is 0. The first-order valence-corrected chi connectivity index (χ1v) is 8.54. The Balaban J connectivity index is 3.03. The molecule has 0 aromatic rings. The average molecular weight is 272 g/mol. The van der Waals surface area contributed by atoms with E-state index >= 15 is 0 Å². The van der Waals surface area contributed by atoms with Gasteiger partial charge in [0, 0.05) is 5.92 Å². The Labute approximate surface area is 120 Å². The summed E-state index contributed by atoms with van der Waals surface area (Å²) in [6.07, 6.45) is 16.1. The third-order valence-corrected chi connectivity index (χ3v) is 4.02. The van der Waals surface area contributed by atoms with Crippen LogP contribution < -0.4 is 0 Å². The van der Waals surface area contributed by atoms with Gasteiger partial charge in [-0.3, -0.25) is 0 Å². The Kier molecular flexibility index (Phi) is 14.3. The van der Waals surface area contributed by atoms with Crippen LogP contribution in [0.25, 0.3) is 0 Å². The molecule has 0 aliphatic rings. The van der Waals surface area contributed by atoms with Gasteiger partial charge in [-0.05, 0) is 6.42 Å². The smallest absolute Gasteiger partial charge is 0.154 e. The molecule has 0 aromatic carbocycles. The molecule has 2 N–H and O–H groups in total. The van der Waals surface area contributed by atoms with Crippen molar-refractivity contribution in [3.05, 3.63) is 0 Å². The van der Waals surface area contributed by atoms with Gasteiger partial charge in [-0.15, -0.1) is 0 Å². The predicted octanol–water partition coefficient (Wildman–Crippen LogP) is 5.02. The van der Waals surface area contributed by atoms with E-state index in [1.165, 1.54) is 70.6 Å². The van der Waals surface area contributed by atoms with Gasteiger partial charge >= 0.3 is 0 Å². The summed E-state index contributed by atoms with van der Waals surface area (Å²) in [6, 6.07) is 0. The SMILES string of the molecule is CCCCCCCCCCCCCCC(C)C(O)O. The highest BCUT2D eigenvalue weighted by Crippen LogP contribution is 2.15.